The van der Waals surface area contributed by atoms with E-state index in [1.807, 2.05) is 0 Å². The number of hydrogen-bond donors (Lipinski definition) is 1. The number of carbonyl (C=O) groups excluding carboxylic acids is 1. The first-order valence-corrected chi connectivity index (χ1v) is 10.4. The van der Waals surface area contributed by atoms with Crippen molar-refractivity contribution in [2.75, 3.05) is 19.6 Å². The Morgan fingerprint density at radius 3 is 2.67 bits per heavy atom. The summed E-state index contributed by atoms with van der Waals surface area (Å²) in [6.07, 6.45) is 4.54. The van der Waals surface area contributed by atoms with Gasteiger partial charge in [-0.05, 0) is 49.1 Å². The van der Waals surface area contributed by atoms with Crippen molar-refractivity contribution in [1.29, 1.82) is 0 Å². The zero-order chi connectivity index (χ0) is 19.4. The molecule has 0 aliphatic carbocycles. The highest BCUT2D eigenvalue weighted by molar-refractivity contribution is 7.89. The Balaban J connectivity index is 1.53. The average Bonchev–Trinajstić information content (AvgIpc) is 2.69. The van der Waals surface area contributed by atoms with Crippen molar-refractivity contribution < 1.29 is 17.6 Å². The van der Waals surface area contributed by atoms with Crippen molar-refractivity contribution in [3.8, 4) is 0 Å². The van der Waals surface area contributed by atoms with Crippen LogP contribution in [0.1, 0.15) is 23.2 Å². The van der Waals surface area contributed by atoms with Crippen LogP contribution in [0.3, 0.4) is 0 Å². The van der Waals surface area contributed by atoms with Crippen molar-refractivity contribution in [3.63, 3.8) is 0 Å². The molecule has 3 rings (SSSR count). The van der Waals surface area contributed by atoms with Crippen molar-refractivity contribution in [2.24, 2.45) is 5.92 Å². The van der Waals surface area contributed by atoms with E-state index >= 15 is 0 Å². The second-order valence-electron chi connectivity index (χ2n) is 6.41. The lowest BCUT2D eigenvalue weighted by molar-refractivity contribution is 0.0691. The number of rotatable bonds is 5. The Labute approximate surface area is 162 Å². The lowest BCUT2D eigenvalue weighted by Crippen LogP contribution is -2.41. The summed E-state index contributed by atoms with van der Waals surface area (Å²) in [7, 11) is -3.76. The van der Waals surface area contributed by atoms with Crippen molar-refractivity contribution >= 4 is 27.5 Å². The standard InChI is InChI=1S/C18H19ClFN3O3S/c19-16-10-15(3-4-17(16)20)27(25,26)22-11-13-5-8-23(9-6-13)18(24)14-2-1-7-21-12-14/h1-4,7,10,12-13,22H,5-6,8-9,11H2. The van der Waals surface area contributed by atoms with Crippen LogP contribution in [-0.2, 0) is 10.0 Å². The van der Waals surface area contributed by atoms with Crippen LogP contribution < -0.4 is 4.72 Å². The Morgan fingerprint density at radius 2 is 2.04 bits per heavy atom. The zero-order valence-corrected chi connectivity index (χ0v) is 16.0. The molecular weight excluding hydrogens is 393 g/mol. The zero-order valence-electron chi connectivity index (χ0n) is 14.4. The smallest absolute Gasteiger partial charge is 0.255 e. The molecule has 0 radical (unpaired) electrons. The van der Waals surface area contributed by atoms with Crippen LogP contribution in [0.25, 0.3) is 0 Å². The van der Waals surface area contributed by atoms with E-state index in [2.05, 4.69) is 9.71 Å². The summed E-state index contributed by atoms with van der Waals surface area (Å²) >= 11 is 5.66. The predicted molar refractivity (Wildman–Crippen MR) is 99.5 cm³/mol. The molecule has 144 valence electrons. The van der Waals surface area contributed by atoms with Crippen molar-refractivity contribution in [1.82, 2.24) is 14.6 Å². The molecule has 27 heavy (non-hydrogen) atoms. The molecule has 1 amide bonds. The highest BCUT2D eigenvalue weighted by Crippen LogP contribution is 2.21. The molecule has 1 N–H and O–H groups in total. The average molecular weight is 412 g/mol. The van der Waals surface area contributed by atoms with Crippen LogP contribution in [0.15, 0.2) is 47.6 Å². The van der Waals surface area contributed by atoms with Crippen LogP contribution in [0, 0.1) is 11.7 Å². The summed E-state index contributed by atoms with van der Waals surface area (Å²) in [6.45, 7) is 1.37. The topological polar surface area (TPSA) is 79.4 Å². The van der Waals surface area contributed by atoms with E-state index in [1.165, 1.54) is 12.3 Å². The summed E-state index contributed by atoms with van der Waals surface area (Å²) in [5.41, 5.74) is 0.546. The van der Waals surface area contributed by atoms with Crippen LogP contribution in [-0.4, -0.2) is 43.8 Å². The molecule has 6 nitrogen and oxygen atoms in total. The summed E-state index contributed by atoms with van der Waals surface area (Å²) in [4.78, 5) is 18.0. The summed E-state index contributed by atoms with van der Waals surface area (Å²) in [6, 6.07) is 6.74. The first-order chi connectivity index (χ1) is 12.9. The number of aromatic nitrogens is 1. The first kappa shape index (κ1) is 19.7. The van der Waals surface area contributed by atoms with Gasteiger partial charge in [-0.25, -0.2) is 17.5 Å². The number of amides is 1. The number of carbonyl (C=O) groups is 1. The number of piperidine rings is 1. The number of benzene rings is 1. The van der Waals surface area contributed by atoms with E-state index in [-0.39, 0.29) is 28.3 Å². The van der Waals surface area contributed by atoms with Gasteiger partial charge in [0, 0.05) is 32.0 Å². The fourth-order valence-corrected chi connectivity index (χ4v) is 4.35. The molecule has 0 bridgehead atoms. The van der Waals surface area contributed by atoms with Gasteiger partial charge in [-0.2, -0.15) is 0 Å². The Hall–Kier alpha value is -2.03. The maximum atomic E-state index is 13.2. The maximum absolute atomic E-state index is 13.2. The molecular formula is C18H19ClFN3O3S. The van der Waals surface area contributed by atoms with Gasteiger partial charge < -0.3 is 4.90 Å². The number of nitrogens with zero attached hydrogens (tertiary/aromatic N) is 2. The third-order valence-corrected chi connectivity index (χ3v) is 6.28. The van der Waals surface area contributed by atoms with Gasteiger partial charge in [0.15, 0.2) is 0 Å². The number of sulfonamides is 1. The van der Waals surface area contributed by atoms with Crippen LogP contribution in [0.5, 0.6) is 0 Å². The molecule has 9 heteroatoms. The van der Waals surface area contributed by atoms with Gasteiger partial charge in [0.2, 0.25) is 10.0 Å². The van der Waals surface area contributed by atoms with E-state index in [0.29, 0.717) is 31.5 Å². The predicted octanol–water partition coefficient (Wildman–Crippen LogP) is 2.70. The second kappa shape index (κ2) is 8.33. The normalized spacial score (nSPS) is 15.7. The molecule has 2 aromatic rings. The molecule has 0 spiro atoms. The first-order valence-electron chi connectivity index (χ1n) is 8.51. The second-order valence-corrected chi connectivity index (χ2v) is 8.58. The Morgan fingerprint density at radius 1 is 1.30 bits per heavy atom. The van der Waals surface area contributed by atoms with Gasteiger partial charge in [0.05, 0.1) is 15.5 Å². The van der Waals surface area contributed by atoms with E-state index < -0.39 is 15.8 Å². The van der Waals surface area contributed by atoms with Crippen LogP contribution in [0.2, 0.25) is 5.02 Å². The summed E-state index contributed by atoms with van der Waals surface area (Å²) in [5, 5.41) is -0.236. The van der Waals surface area contributed by atoms with Gasteiger partial charge in [-0.1, -0.05) is 11.6 Å². The summed E-state index contributed by atoms with van der Waals surface area (Å²) in [5.74, 6) is -0.613. The Bertz CT molecular complexity index is 917. The van der Waals surface area contributed by atoms with Gasteiger partial charge in [0.25, 0.3) is 5.91 Å². The van der Waals surface area contributed by atoms with Gasteiger partial charge in [0.1, 0.15) is 5.82 Å². The highest BCUT2D eigenvalue weighted by atomic mass is 35.5. The molecule has 0 saturated carbocycles. The number of hydrogen-bond acceptors (Lipinski definition) is 4. The number of halogens is 2. The van der Waals surface area contributed by atoms with E-state index in [4.69, 9.17) is 11.6 Å². The number of likely N-dealkylation sites (tertiary alicyclic amines) is 1. The molecule has 0 atom stereocenters. The SMILES string of the molecule is O=C(c1cccnc1)N1CCC(CNS(=O)(=O)c2ccc(F)c(Cl)c2)CC1. The van der Waals surface area contributed by atoms with Gasteiger partial charge in [-0.15, -0.1) is 0 Å². The minimum absolute atomic E-state index is 0.0666. The minimum Gasteiger partial charge on any atom is -0.339 e. The van der Waals surface area contributed by atoms with Gasteiger partial charge in [-0.3, -0.25) is 9.78 Å². The molecule has 1 aliphatic rings. The fraction of sp³-hybridized carbons (Fsp3) is 0.333. The molecule has 1 aliphatic heterocycles. The van der Waals surface area contributed by atoms with Gasteiger partial charge >= 0.3 is 0 Å². The van der Waals surface area contributed by atoms with Crippen molar-refractivity contribution in [3.05, 3.63) is 59.1 Å². The van der Waals surface area contributed by atoms with E-state index in [0.717, 1.165) is 12.1 Å². The fourth-order valence-electron chi connectivity index (χ4n) is 2.97. The quantitative estimate of drug-likeness (QED) is 0.820. The summed E-state index contributed by atoms with van der Waals surface area (Å²) < 4.78 is 40.4. The maximum Gasteiger partial charge on any atom is 0.255 e. The molecule has 1 fully saturated rings. The number of nitrogens with one attached hydrogen (secondary N) is 1. The molecule has 2 heterocycles. The van der Waals surface area contributed by atoms with E-state index in [1.54, 1.807) is 23.2 Å². The van der Waals surface area contributed by atoms with Crippen molar-refractivity contribution in [2.45, 2.75) is 17.7 Å². The highest BCUT2D eigenvalue weighted by Gasteiger charge is 2.25. The molecule has 1 saturated heterocycles. The van der Waals surface area contributed by atoms with Crippen LogP contribution >= 0.6 is 11.6 Å². The number of pyridine rings is 1. The molecule has 1 aromatic heterocycles. The minimum atomic E-state index is -3.76. The largest absolute Gasteiger partial charge is 0.339 e. The van der Waals surface area contributed by atoms with Crippen LogP contribution in [0.4, 0.5) is 4.39 Å². The third kappa shape index (κ3) is 4.82. The third-order valence-electron chi connectivity index (χ3n) is 4.57. The Kier molecular flexibility index (Phi) is 6.08. The van der Waals surface area contributed by atoms with E-state index in [9.17, 15) is 17.6 Å². The lowest BCUT2D eigenvalue weighted by atomic mass is 9.97. The molecule has 1 aromatic carbocycles. The lowest BCUT2D eigenvalue weighted by Gasteiger charge is -2.32. The monoisotopic (exact) mass is 411 g/mol. The molecule has 0 unspecified atom stereocenters.